The van der Waals surface area contributed by atoms with Gasteiger partial charge in [-0.1, -0.05) is 15.9 Å². The molecule has 0 spiro atoms. The monoisotopic (exact) mass is 304 g/mol. The van der Waals surface area contributed by atoms with Crippen LogP contribution in [-0.4, -0.2) is 18.6 Å². The maximum atomic E-state index is 10.9. The van der Waals surface area contributed by atoms with Gasteiger partial charge in [-0.15, -0.1) is 0 Å². The summed E-state index contributed by atoms with van der Waals surface area (Å²) in [4.78, 5) is 10.9. The van der Waals surface area contributed by atoms with Crippen LogP contribution in [0.15, 0.2) is 28.7 Å². The number of nitrogens with one attached hydrogen (secondary N) is 2. The highest BCUT2D eigenvalue weighted by Gasteiger charge is 1.98. The van der Waals surface area contributed by atoms with E-state index >= 15 is 0 Å². The van der Waals surface area contributed by atoms with Gasteiger partial charge < -0.3 is 10.1 Å². The lowest BCUT2D eigenvalue weighted by Crippen LogP contribution is -2.18. The molecular weight excluding hydrogens is 292 g/mol. The minimum absolute atomic E-state index is 0.381. The fraction of sp³-hybridized carbons (Fsp3) is 0.300. The Morgan fingerprint density at radius 3 is 2.75 bits per heavy atom. The molecule has 88 valence electrons. The van der Waals surface area contributed by atoms with Crippen molar-refractivity contribution in [2.45, 2.75) is 6.92 Å². The minimum Gasteiger partial charge on any atom is -0.449 e. The largest absolute Gasteiger partial charge is 0.449 e. The Labute approximate surface area is 107 Å². The molecule has 0 aromatic heterocycles. The Balaban J connectivity index is 2.16. The molecule has 0 atom stereocenters. The minimum atomic E-state index is -0.412. The van der Waals surface area contributed by atoms with Crippen LogP contribution in [0.1, 0.15) is 6.92 Å². The Kier molecular flexibility index (Phi) is 6.10. The zero-order valence-corrected chi connectivity index (χ0v) is 11.2. The van der Waals surface area contributed by atoms with Gasteiger partial charge in [0.2, 0.25) is 0 Å². The highest BCUT2D eigenvalue weighted by molar-refractivity contribution is 9.10. The second-order valence-corrected chi connectivity index (χ2v) is 4.49. The van der Waals surface area contributed by atoms with E-state index in [9.17, 15) is 4.79 Å². The van der Waals surface area contributed by atoms with Crippen molar-refractivity contribution in [1.29, 1.82) is 0 Å². The molecule has 2 N–H and O–H groups in total. The molecule has 0 aliphatic carbocycles. The number of amides is 1. The molecule has 1 aromatic rings. The van der Waals surface area contributed by atoms with Gasteiger partial charge in [0.15, 0.2) is 0 Å². The standard InChI is InChI=1S/C10H13BrN2O2S/c1-2-15-10(14)13-16-7-12-9-5-3-8(11)4-6-9/h3-6,12H,2,7H2,1H3,(H,13,14). The fourth-order valence-corrected chi connectivity index (χ4v) is 1.69. The molecule has 0 fully saturated rings. The van der Waals surface area contributed by atoms with Crippen LogP contribution < -0.4 is 10.0 Å². The summed E-state index contributed by atoms with van der Waals surface area (Å²) in [5.74, 6) is 0.584. The molecule has 4 nitrogen and oxygen atoms in total. The third-order valence-electron chi connectivity index (χ3n) is 1.62. The van der Waals surface area contributed by atoms with Crippen LogP contribution in [0.3, 0.4) is 0 Å². The van der Waals surface area contributed by atoms with Gasteiger partial charge >= 0.3 is 6.09 Å². The molecule has 0 aliphatic rings. The van der Waals surface area contributed by atoms with Crippen LogP contribution >= 0.6 is 27.9 Å². The first-order chi connectivity index (χ1) is 7.72. The van der Waals surface area contributed by atoms with Crippen molar-refractivity contribution in [3.05, 3.63) is 28.7 Å². The van der Waals surface area contributed by atoms with Crippen molar-refractivity contribution >= 4 is 39.7 Å². The predicted molar refractivity (Wildman–Crippen MR) is 70.4 cm³/mol. The Morgan fingerprint density at radius 2 is 2.12 bits per heavy atom. The summed E-state index contributed by atoms with van der Waals surface area (Å²) in [6.45, 7) is 2.15. The molecular formula is C10H13BrN2O2S. The molecule has 0 aliphatic heterocycles. The van der Waals surface area contributed by atoms with Crippen molar-refractivity contribution in [2.75, 3.05) is 17.8 Å². The summed E-state index contributed by atoms with van der Waals surface area (Å²) in [5.41, 5.74) is 1.00. The normalized spacial score (nSPS) is 9.62. The number of benzene rings is 1. The molecule has 0 radical (unpaired) electrons. The molecule has 1 amide bonds. The summed E-state index contributed by atoms with van der Waals surface area (Å²) >= 11 is 4.61. The maximum Gasteiger partial charge on any atom is 0.417 e. The van der Waals surface area contributed by atoms with Crippen LogP contribution in [0.2, 0.25) is 0 Å². The highest BCUT2D eigenvalue weighted by atomic mass is 79.9. The second kappa shape index (κ2) is 7.40. The van der Waals surface area contributed by atoms with Gasteiger partial charge in [0.1, 0.15) is 0 Å². The summed E-state index contributed by atoms with van der Waals surface area (Å²) in [5, 5.41) is 3.14. The van der Waals surface area contributed by atoms with Crippen molar-refractivity contribution in [3.63, 3.8) is 0 Å². The number of halogens is 1. The number of carbonyl (C=O) groups is 1. The van der Waals surface area contributed by atoms with Gasteiger partial charge in [-0.05, 0) is 43.1 Å². The molecule has 0 unspecified atom stereocenters. The Hall–Kier alpha value is -0.880. The fourth-order valence-electron chi connectivity index (χ4n) is 0.943. The lowest BCUT2D eigenvalue weighted by molar-refractivity contribution is 0.159. The lowest BCUT2D eigenvalue weighted by atomic mass is 10.3. The predicted octanol–water partition coefficient (Wildman–Crippen LogP) is 3.21. The molecule has 0 heterocycles. The highest BCUT2D eigenvalue weighted by Crippen LogP contribution is 2.14. The van der Waals surface area contributed by atoms with Crippen LogP contribution in [0.5, 0.6) is 0 Å². The average molecular weight is 305 g/mol. The zero-order chi connectivity index (χ0) is 11.8. The van der Waals surface area contributed by atoms with E-state index in [0.717, 1.165) is 10.2 Å². The van der Waals surface area contributed by atoms with E-state index in [1.807, 2.05) is 24.3 Å². The van der Waals surface area contributed by atoms with Gasteiger partial charge in [-0.2, -0.15) is 0 Å². The van der Waals surface area contributed by atoms with E-state index in [1.54, 1.807) is 6.92 Å². The third kappa shape index (κ3) is 5.27. The third-order valence-corrected chi connectivity index (χ3v) is 2.75. The van der Waals surface area contributed by atoms with Gasteiger partial charge in [-0.3, -0.25) is 4.72 Å². The van der Waals surface area contributed by atoms with Crippen molar-refractivity contribution in [2.24, 2.45) is 0 Å². The number of hydrogen-bond acceptors (Lipinski definition) is 4. The van der Waals surface area contributed by atoms with Crippen LogP contribution in [0.4, 0.5) is 10.5 Å². The molecule has 1 rings (SSSR count). The van der Waals surface area contributed by atoms with Crippen LogP contribution in [0.25, 0.3) is 0 Å². The molecule has 6 heteroatoms. The molecule has 0 bridgehead atoms. The Bertz CT molecular complexity index is 332. The SMILES string of the molecule is CCOC(=O)NSCNc1ccc(Br)cc1. The van der Waals surface area contributed by atoms with Gasteiger partial charge in [0.05, 0.1) is 12.5 Å². The van der Waals surface area contributed by atoms with Gasteiger partial charge in [-0.25, -0.2) is 4.79 Å². The second-order valence-electron chi connectivity index (χ2n) is 2.79. The molecule has 1 aromatic carbocycles. The first-order valence-corrected chi connectivity index (χ1v) is 6.54. The van der Waals surface area contributed by atoms with Gasteiger partial charge in [0.25, 0.3) is 0 Å². The number of rotatable bonds is 5. The number of hydrogen-bond donors (Lipinski definition) is 2. The summed E-state index contributed by atoms with van der Waals surface area (Å²) in [7, 11) is 0. The lowest BCUT2D eigenvalue weighted by Gasteiger charge is -2.07. The number of ether oxygens (including phenoxy) is 1. The average Bonchev–Trinajstić information content (AvgIpc) is 2.27. The van der Waals surface area contributed by atoms with E-state index in [1.165, 1.54) is 11.9 Å². The van der Waals surface area contributed by atoms with E-state index in [0.29, 0.717) is 12.5 Å². The Morgan fingerprint density at radius 1 is 1.44 bits per heavy atom. The number of carbonyl (C=O) groups excluding carboxylic acids is 1. The van der Waals surface area contributed by atoms with E-state index < -0.39 is 6.09 Å². The van der Waals surface area contributed by atoms with E-state index in [2.05, 4.69) is 26.0 Å². The zero-order valence-electron chi connectivity index (χ0n) is 8.83. The van der Waals surface area contributed by atoms with Crippen LogP contribution in [0, 0.1) is 0 Å². The van der Waals surface area contributed by atoms with Crippen molar-refractivity contribution in [1.82, 2.24) is 4.72 Å². The molecule has 16 heavy (non-hydrogen) atoms. The quantitative estimate of drug-likeness (QED) is 0.498. The summed E-state index contributed by atoms with van der Waals surface area (Å²) in [6.07, 6.45) is -0.412. The first-order valence-electron chi connectivity index (χ1n) is 4.76. The first kappa shape index (κ1) is 13.2. The molecule has 0 saturated heterocycles. The number of anilines is 1. The van der Waals surface area contributed by atoms with E-state index in [-0.39, 0.29) is 0 Å². The molecule has 0 saturated carbocycles. The van der Waals surface area contributed by atoms with Crippen LogP contribution in [-0.2, 0) is 4.74 Å². The maximum absolute atomic E-state index is 10.9. The van der Waals surface area contributed by atoms with Crippen molar-refractivity contribution < 1.29 is 9.53 Å². The topological polar surface area (TPSA) is 50.4 Å². The summed E-state index contributed by atoms with van der Waals surface area (Å²) < 4.78 is 8.29. The smallest absolute Gasteiger partial charge is 0.417 e. The summed E-state index contributed by atoms with van der Waals surface area (Å²) in [6, 6.07) is 7.81. The van der Waals surface area contributed by atoms with E-state index in [4.69, 9.17) is 4.74 Å². The van der Waals surface area contributed by atoms with Gasteiger partial charge in [0, 0.05) is 10.2 Å². The van der Waals surface area contributed by atoms with Crippen molar-refractivity contribution in [3.8, 4) is 0 Å².